The fourth-order valence-electron chi connectivity index (χ4n) is 3.26. The first-order valence-corrected chi connectivity index (χ1v) is 12.8. The van der Waals surface area contributed by atoms with Gasteiger partial charge in [0.15, 0.2) is 5.01 Å². The summed E-state index contributed by atoms with van der Waals surface area (Å²) >= 11 is 13.7. The summed E-state index contributed by atoms with van der Waals surface area (Å²) in [4.78, 5) is 18.0. The van der Waals surface area contributed by atoms with E-state index < -0.39 is 10.0 Å². The van der Waals surface area contributed by atoms with Crippen LogP contribution < -0.4 is 0 Å². The molecule has 0 aliphatic carbocycles. The number of sulfonamides is 1. The topological polar surface area (TPSA) is 96.4 Å². The van der Waals surface area contributed by atoms with Gasteiger partial charge in [-0.3, -0.25) is 9.78 Å². The normalized spacial score (nSPS) is 14.7. The Kier molecular flexibility index (Phi) is 6.83. The molecule has 0 bridgehead atoms. The van der Waals surface area contributed by atoms with Crippen molar-refractivity contribution in [2.75, 3.05) is 27.2 Å². The van der Waals surface area contributed by atoms with Crippen molar-refractivity contribution in [3.8, 4) is 10.7 Å². The van der Waals surface area contributed by atoms with Gasteiger partial charge < -0.3 is 4.90 Å². The lowest BCUT2D eigenvalue weighted by Crippen LogP contribution is -2.34. The van der Waals surface area contributed by atoms with Crippen molar-refractivity contribution in [2.45, 2.75) is 11.3 Å². The first-order chi connectivity index (χ1) is 15.7. The van der Waals surface area contributed by atoms with Gasteiger partial charge in [-0.1, -0.05) is 52.7 Å². The summed E-state index contributed by atoms with van der Waals surface area (Å²) in [6.07, 6.45) is 3.75. The van der Waals surface area contributed by atoms with Crippen LogP contribution in [0.1, 0.15) is 21.8 Å². The molecular weight excluding hydrogens is 505 g/mol. The number of benzene rings is 1. The molecule has 3 heterocycles. The van der Waals surface area contributed by atoms with Crippen molar-refractivity contribution >= 4 is 56.0 Å². The fraction of sp³-hybridized carbons (Fsp3) is 0.238. The number of carbonyl (C=O) groups is 1. The third kappa shape index (κ3) is 4.80. The number of hydrogen-bond donors (Lipinski definition) is 0. The zero-order valence-electron chi connectivity index (χ0n) is 17.7. The minimum Gasteiger partial charge on any atom is -0.345 e. The Bertz CT molecular complexity index is 1360. The molecule has 1 aliphatic heterocycles. The van der Waals surface area contributed by atoms with Crippen LogP contribution in [0.2, 0.25) is 10.0 Å². The summed E-state index contributed by atoms with van der Waals surface area (Å²) in [5.74, 6) is -0.235. The van der Waals surface area contributed by atoms with Gasteiger partial charge in [-0.2, -0.15) is 4.31 Å². The summed E-state index contributed by atoms with van der Waals surface area (Å²) in [7, 11) is -0.407. The molecule has 4 rings (SSSR count). The molecule has 172 valence electrons. The second kappa shape index (κ2) is 9.47. The number of carbonyl (C=O) groups excluding carboxylic acids is 1. The molecule has 33 heavy (non-hydrogen) atoms. The second-order valence-corrected chi connectivity index (χ2v) is 11.1. The lowest BCUT2D eigenvalue weighted by Gasteiger charge is -2.25. The standard InChI is InChI=1S/C21H19Cl2N5O3S2/c1-27(2)21(29)14-12-24-17(11-16(14)23)20-26-25-19(32-20)13-7-9-28(10-8-13)33(30,31)18-6-4-3-5-15(18)22/h3-7,11-12H,8-10H2,1-2H3. The maximum absolute atomic E-state index is 12.9. The van der Waals surface area contributed by atoms with E-state index in [1.807, 2.05) is 6.08 Å². The van der Waals surface area contributed by atoms with Crippen molar-refractivity contribution in [2.24, 2.45) is 0 Å². The smallest absolute Gasteiger partial charge is 0.256 e. The van der Waals surface area contributed by atoms with Gasteiger partial charge in [0.05, 0.1) is 15.6 Å². The molecule has 0 N–H and O–H groups in total. The van der Waals surface area contributed by atoms with Gasteiger partial charge in [-0.25, -0.2) is 8.42 Å². The van der Waals surface area contributed by atoms with Gasteiger partial charge in [0, 0.05) is 33.4 Å². The van der Waals surface area contributed by atoms with Crippen LogP contribution in [0.15, 0.2) is 47.5 Å². The Balaban J connectivity index is 1.52. The molecule has 0 unspecified atom stereocenters. The summed E-state index contributed by atoms with van der Waals surface area (Å²) in [6.45, 7) is 0.517. The summed E-state index contributed by atoms with van der Waals surface area (Å²) in [6, 6.07) is 8.00. The minimum absolute atomic E-state index is 0.0980. The largest absolute Gasteiger partial charge is 0.345 e. The van der Waals surface area contributed by atoms with Crippen LogP contribution in [0.5, 0.6) is 0 Å². The molecule has 0 atom stereocenters. The molecule has 3 aromatic rings. The molecule has 0 fully saturated rings. The van der Waals surface area contributed by atoms with Crippen LogP contribution in [0, 0.1) is 0 Å². The van der Waals surface area contributed by atoms with Crippen molar-refractivity contribution < 1.29 is 13.2 Å². The van der Waals surface area contributed by atoms with Crippen molar-refractivity contribution in [1.29, 1.82) is 0 Å². The summed E-state index contributed by atoms with van der Waals surface area (Å²) < 4.78 is 27.2. The third-order valence-corrected chi connectivity index (χ3v) is 8.73. The van der Waals surface area contributed by atoms with E-state index in [0.29, 0.717) is 34.2 Å². The minimum atomic E-state index is -3.69. The first kappa shape index (κ1) is 23.8. The molecule has 8 nitrogen and oxygen atoms in total. The van der Waals surface area contributed by atoms with Crippen molar-refractivity contribution in [3.05, 3.63) is 63.2 Å². The Hall–Kier alpha value is -2.37. The molecule has 0 saturated carbocycles. The number of hydrogen-bond acceptors (Lipinski definition) is 7. The third-order valence-electron chi connectivity index (χ3n) is 5.04. The highest BCUT2D eigenvalue weighted by Crippen LogP contribution is 2.33. The predicted molar refractivity (Wildman–Crippen MR) is 129 cm³/mol. The van der Waals surface area contributed by atoms with E-state index in [9.17, 15) is 13.2 Å². The predicted octanol–water partition coefficient (Wildman–Crippen LogP) is 4.09. The van der Waals surface area contributed by atoms with E-state index in [1.54, 1.807) is 38.4 Å². The van der Waals surface area contributed by atoms with Crippen LogP contribution in [-0.4, -0.2) is 65.9 Å². The van der Waals surface area contributed by atoms with Gasteiger partial charge in [0.1, 0.15) is 15.6 Å². The van der Waals surface area contributed by atoms with Gasteiger partial charge in [0.25, 0.3) is 5.91 Å². The monoisotopic (exact) mass is 523 g/mol. The maximum Gasteiger partial charge on any atom is 0.256 e. The second-order valence-electron chi connectivity index (χ2n) is 7.43. The van der Waals surface area contributed by atoms with Crippen LogP contribution >= 0.6 is 34.5 Å². The lowest BCUT2D eigenvalue weighted by molar-refractivity contribution is 0.0827. The average molecular weight is 524 g/mol. The number of pyridine rings is 1. The molecule has 1 aromatic carbocycles. The Labute approximate surface area is 205 Å². The quantitative estimate of drug-likeness (QED) is 0.499. The number of rotatable bonds is 5. The van der Waals surface area contributed by atoms with Crippen LogP contribution in [-0.2, 0) is 10.0 Å². The van der Waals surface area contributed by atoms with E-state index in [-0.39, 0.29) is 27.4 Å². The van der Waals surface area contributed by atoms with Gasteiger partial charge in [0.2, 0.25) is 10.0 Å². The van der Waals surface area contributed by atoms with Crippen LogP contribution in [0.25, 0.3) is 16.3 Å². The fourth-order valence-corrected chi connectivity index (χ4v) is 6.24. The van der Waals surface area contributed by atoms with Crippen LogP contribution in [0.3, 0.4) is 0 Å². The summed E-state index contributed by atoms with van der Waals surface area (Å²) in [5.41, 5.74) is 1.73. The van der Waals surface area contributed by atoms with E-state index in [1.165, 1.54) is 32.8 Å². The zero-order valence-corrected chi connectivity index (χ0v) is 20.8. The van der Waals surface area contributed by atoms with E-state index >= 15 is 0 Å². The zero-order chi connectivity index (χ0) is 23.8. The molecule has 1 amide bonds. The van der Waals surface area contributed by atoms with Gasteiger partial charge in [-0.05, 0) is 30.2 Å². The van der Waals surface area contributed by atoms with Gasteiger partial charge >= 0.3 is 0 Å². The highest BCUT2D eigenvalue weighted by atomic mass is 35.5. The van der Waals surface area contributed by atoms with Crippen molar-refractivity contribution in [1.82, 2.24) is 24.4 Å². The van der Waals surface area contributed by atoms with E-state index in [2.05, 4.69) is 15.2 Å². The molecular formula is C21H19Cl2N5O3S2. The highest BCUT2D eigenvalue weighted by Gasteiger charge is 2.29. The molecule has 0 spiro atoms. The molecule has 1 aliphatic rings. The van der Waals surface area contributed by atoms with E-state index in [4.69, 9.17) is 23.2 Å². The lowest BCUT2D eigenvalue weighted by atomic mass is 10.1. The molecule has 0 radical (unpaired) electrons. The Morgan fingerprint density at radius 2 is 1.85 bits per heavy atom. The molecule has 12 heteroatoms. The highest BCUT2D eigenvalue weighted by molar-refractivity contribution is 7.89. The SMILES string of the molecule is CN(C)C(=O)c1cnc(-c2nnc(C3=CCN(S(=O)(=O)c4ccccc4Cl)CC3)s2)cc1Cl. The average Bonchev–Trinajstić information content (AvgIpc) is 3.29. The van der Waals surface area contributed by atoms with E-state index in [0.717, 1.165) is 5.57 Å². The Morgan fingerprint density at radius 3 is 2.48 bits per heavy atom. The molecule has 0 saturated heterocycles. The number of amides is 1. The Morgan fingerprint density at radius 1 is 1.12 bits per heavy atom. The van der Waals surface area contributed by atoms with Crippen molar-refractivity contribution in [3.63, 3.8) is 0 Å². The number of aromatic nitrogens is 3. The summed E-state index contributed by atoms with van der Waals surface area (Å²) in [5, 5.41) is 10.2. The van der Waals surface area contributed by atoms with Crippen LogP contribution in [0.4, 0.5) is 0 Å². The first-order valence-electron chi connectivity index (χ1n) is 9.83. The molecule has 2 aromatic heterocycles. The maximum atomic E-state index is 12.9. The number of halogens is 2. The number of nitrogens with zero attached hydrogens (tertiary/aromatic N) is 5. The van der Waals surface area contributed by atoms with Gasteiger partial charge in [-0.15, -0.1) is 10.2 Å².